The molecule has 0 aliphatic carbocycles. The van der Waals surface area contributed by atoms with Crippen molar-refractivity contribution in [1.82, 2.24) is 0 Å². The molecule has 0 atom stereocenters. The van der Waals surface area contributed by atoms with Crippen LogP contribution in [0, 0.1) is 5.41 Å². The van der Waals surface area contributed by atoms with Crippen LogP contribution < -0.4 is 0 Å². The lowest BCUT2D eigenvalue weighted by Crippen LogP contribution is -2.40. The maximum absolute atomic E-state index is 12.1. The third-order valence-corrected chi connectivity index (χ3v) is 3.00. The molecule has 0 aromatic rings. The summed E-state index contributed by atoms with van der Waals surface area (Å²) in [6, 6.07) is 0. The zero-order valence-corrected chi connectivity index (χ0v) is 12.8. The third kappa shape index (κ3) is 4.44. The number of alkyl halides is 1. The first-order valence-corrected chi connectivity index (χ1v) is 7.25. The summed E-state index contributed by atoms with van der Waals surface area (Å²) >= 11 is 3.30. The van der Waals surface area contributed by atoms with Gasteiger partial charge in [0.15, 0.2) is 5.41 Å². The third-order valence-electron chi connectivity index (χ3n) is 2.44. The second-order valence-electron chi connectivity index (χ2n) is 3.70. The zero-order valence-electron chi connectivity index (χ0n) is 11.2. The highest BCUT2D eigenvalue weighted by Gasteiger charge is 2.45. The fourth-order valence-electron chi connectivity index (χ4n) is 1.66. The lowest BCUT2D eigenvalue weighted by Gasteiger charge is -2.25. The lowest BCUT2D eigenvalue weighted by atomic mass is 9.83. The summed E-state index contributed by atoms with van der Waals surface area (Å²) in [5.74, 6) is -1.08. The molecule has 0 saturated heterocycles. The SMILES string of the molecule is CC=CC(CCCBr)(C(=O)OCC)C(=O)OCC. The van der Waals surface area contributed by atoms with E-state index in [1.807, 2.05) is 0 Å². The van der Waals surface area contributed by atoms with Gasteiger partial charge in [-0.05, 0) is 33.6 Å². The molecule has 0 spiro atoms. The van der Waals surface area contributed by atoms with E-state index in [0.717, 1.165) is 0 Å². The summed E-state index contributed by atoms with van der Waals surface area (Å²) in [5, 5.41) is 0.713. The molecule has 5 heteroatoms. The van der Waals surface area contributed by atoms with Gasteiger partial charge < -0.3 is 9.47 Å². The molecule has 0 rings (SSSR count). The first-order valence-electron chi connectivity index (χ1n) is 6.13. The number of carbonyl (C=O) groups excluding carboxylic acids is 2. The average Bonchev–Trinajstić information content (AvgIpc) is 2.35. The smallest absolute Gasteiger partial charge is 0.327 e. The number of halogens is 1. The molecule has 0 aliphatic heterocycles. The summed E-state index contributed by atoms with van der Waals surface area (Å²) < 4.78 is 10.0. The molecule has 0 unspecified atom stereocenters. The Balaban J connectivity index is 5.26. The first-order chi connectivity index (χ1) is 8.58. The van der Waals surface area contributed by atoms with Crippen LogP contribution in [-0.2, 0) is 19.1 Å². The summed E-state index contributed by atoms with van der Waals surface area (Å²) in [7, 11) is 0. The summed E-state index contributed by atoms with van der Waals surface area (Å²) in [6.45, 7) is 5.68. The minimum Gasteiger partial charge on any atom is -0.465 e. The van der Waals surface area contributed by atoms with Gasteiger partial charge in [-0.15, -0.1) is 0 Å². The van der Waals surface area contributed by atoms with Crippen LogP contribution in [-0.4, -0.2) is 30.5 Å². The van der Waals surface area contributed by atoms with E-state index >= 15 is 0 Å². The van der Waals surface area contributed by atoms with Crippen molar-refractivity contribution in [2.45, 2.75) is 33.6 Å². The van der Waals surface area contributed by atoms with Crippen LogP contribution in [0.2, 0.25) is 0 Å². The van der Waals surface area contributed by atoms with Gasteiger partial charge in [-0.3, -0.25) is 9.59 Å². The Hall–Kier alpha value is -0.840. The molecule has 4 nitrogen and oxygen atoms in total. The Bertz CT molecular complexity index is 281. The summed E-state index contributed by atoms with van der Waals surface area (Å²) in [6.07, 6.45) is 4.32. The molecule has 0 aromatic carbocycles. The van der Waals surface area contributed by atoms with Crippen molar-refractivity contribution in [3.05, 3.63) is 12.2 Å². The van der Waals surface area contributed by atoms with Crippen molar-refractivity contribution in [3.63, 3.8) is 0 Å². The van der Waals surface area contributed by atoms with E-state index < -0.39 is 17.4 Å². The maximum atomic E-state index is 12.1. The van der Waals surface area contributed by atoms with Gasteiger partial charge >= 0.3 is 11.9 Å². The van der Waals surface area contributed by atoms with Crippen LogP contribution in [0.25, 0.3) is 0 Å². The van der Waals surface area contributed by atoms with Gasteiger partial charge in [0.1, 0.15) is 0 Å². The van der Waals surface area contributed by atoms with E-state index in [9.17, 15) is 9.59 Å². The Kier molecular flexibility index (Phi) is 8.71. The molecule has 0 aliphatic rings. The predicted molar refractivity (Wildman–Crippen MR) is 73.5 cm³/mol. The fourth-order valence-corrected chi connectivity index (χ4v) is 1.94. The second-order valence-corrected chi connectivity index (χ2v) is 4.50. The van der Waals surface area contributed by atoms with Crippen LogP contribution in [0.3, 0.4) is 0 Å². The van der Waals surface area contributed by atoms with Crippen LogP contribution in [0.15, 0.2) is 12.2 Å². The molecule has 0 N–H and O–H groups in total. The topological polar surface area (TPSA) is 52.6 Å². The Morgan fingerprint density at radius 2 is 1.67 bits per heavy atom. The van der Waals surface area contributed by atoms with Crippen molar-refractivity contribution < 1.29 is 19.1 Å². The van der Waals surface area contributed by atoms with Gasteiger partial charge in [-0.1, -0.05) is 28.1 Å². The predicted octanol–water partition coefficient (Wildman–Crippen LogP) is 2.85. The molecule has 0 amide bonds. The molecule has 0 bridgehead atoms. The van der Waals surface area contributed by atoms with E-state index in [4.69, 9.17) is 9.47 Å². The van der Waals surface area contributed by atoms with E-state index in [1.54, 1.807) is 32.9 Å². The molecular formula is C13H21BrO4. The maximum Gasteiger partial charge on any atom is 0.327 e. The molecule has 0 saturated carbocycles. The molecule has 0 heterocycles. The van der Waals surface area contributed by atoms with Gasteiger partial charge in [0.25, 0.3) is 0 Å². The van der Waals surface area contributed by atoms with Crippen molar-refractivity contribution in [2.24, 2.45) is 5.41 Å². The molecule has 0 fully saturated rings. The van der Waals surface area contributed by atoms with Gasteiger partial charge in [-0.2, -0.15) is 0 Å². The number of carbonyl (C=O) groups is 2. The summed E-state index contributed by atoms with van der Waals surface area (Å²) in [5.41, 5.74) is -1.31. The minimum absolute atomic E-state index is 0.242. The molecular weight excluding hydrogens is 300 g/mol. The number of hydrogen-bond acceptors (Lipinski definition) is 4. The number of rotatable bonds is 8. The second kappa shape index (κ2) is 9.14. The Labute approximate surface area is 117 Å². The number of esters is 2. The van der Waals surface area contributed by atoms with E-state index in [-0.39, 0.29) is 13.2 Å². The van der Waals surface area contributed by atoms with Gasteiger partial charge in [-0.25, -0.2) is 0 Å². The van der Waals surface area contributed by atoms with Crippen molar-refractivity contribution in [2.75, 3.05) is 18.5 Å². The lowest BCUT2D eigenvalue weighted by molar-refractivity contribution is -0.168. The van der Waals surface area contributed by atoms with Crippen molar-refractivity contribution in [1.29, 1.82) is 0 Å². The van der Waals surface area contributed by atoms with Crippen molar-refractivity contribution >= 4 is 27.9 Å². The number of allylic oxidation sites excluding steroid dienone is 1. The molecule has 104 valence electrons. The average molecular weight is 321 g/mol. The fraction of sp³-hybridized carbons (Fsp3) is 0.692. The monoisotopic (exact) mass is 320 g/mol. The Morgan fingerprint density at radius 3 is 2.00 bits per heavy atom. The highest BCUT2D eigenvalue weighted by Crippen LogP contribution is 2.30. The first kappa shape index (κ1) is 17.2. The van der Waals surface area contributed by atoms with Crippen LogP contribution >= 0.6 is 15.9 Å². The zero-order chi connectivity index (χ0) is 14.0. The Morgan fingerprint density at radius 1 is 1.17 bits per heavy atom. The normalized spacial score (nSPS) is 11.6. The van der Waals surface area contributed by atoms with E-state index in [2.05, 4.69) is 15.9 Å². The van der Waals surface area contributed by atoms with Crippen molar-refractivity contribution in [3.8, 4) is 0 Å². The van der Waals surface area contributed by atoms with Gasteiger partial charge in [0.2, 0.25) is 0 Å². The number of ether oxygens (including phenoxy) is 2. The summed E-state index contributed by atoms with van der Waals surface area (Å²) in [4.78, 5) is 24.2. The largest absolute Gasteiger partial charge is 0.465 e. The van der Waals surface area contributed by atoms with Gasteiger partial charge in [0, 0.05) is 5.33 Å². The van der Waals surface area contributed by atoms with E-state index in [0.29, 0.717) is 18.2 Å². The number of hydrogen-bond donors (Lipinski definition) is 0. The van der Waals surface area contributed by atoms with Crippen LogP contribution in [0.5, 0.6) is 0 Å². The minimum atomic E-state index is -1.31. The molecule has 18 heavy (non-hydrogen) atoms. The van der Waals surface area contributed by atoms with Crippen LogP contribution in [0.1, 0.15) is 33.6 Å². The van der Waals surface area contributed by atoms with Crippen LogP contribution in [0.4, 0.5) is 0 Å². The molecule has 0 radical (unpaired) electrons. The van der Waals surface area contributed by atoms with E-state index in [1.165, 1.54) is 0 Å². The highest BCUT2D eigenvalue weighted by atomic mass is 79.9. The molecule has 0 aromatic heterocycles. The standard InChI is InChI=1S/C13H21BrO4/c1-4-8-13(9-7-10-14,11(15)17-5-2)12(16)18-6-3/h4,8H,5-7,9-10H2,1-3H3. The van der Waals surface area contributed by atoms with Gasteiger partial charge in [0.05, 0.1) is 13.2 Å². The quantitative estimate of drug-likeness (QED) is 0.299. The highest BCUT2D eigenvalue weighted by molar-refractivity contribution is 9.09.